The van der Waals surface area contributed by atoms with Gasteiger partial charge in [-0.1, -0.05) is 11.2 Å². The van der Waals surface area contributed by atoms with Crippen LogP contribution in [0.25, 0.3) is 0 Å². The minimum Gasteiger partial charge on any atom is -0.409 e. The molecule has 0 amide bonds. The van der Waals surface area contributed by atoms with Crippen molar-refractivity contribution < 1.29 is 5.21 Å². The fourth-order valence-electron chi connectivity index (χ4n) is 1.23. The van der Waals surface area contributed by atoms with Gasteiger partial charge in [0.25, 0.3) is 0 Å². The topological polar surface area (TPSA) is 84.4 Å². The summed E-state index contributed by atoms with van der Waals surface area (Å²) < 4.78 is 0. The molecule has 0 fully saturated rings. The predicted molar refractivity (Wildman–Crippen MR) is 65.1 cm³/mol. The van der Waals surface area contributed by atoms with E-state index in [0.29, 0.717) is 10.6 Å². The number of aromatic nitrogens is 2. The largest absolute Gasteiger partial charge is 0.409 e. The predicted octanol–water partition coefficient (Wildman–Crippen LogP) is 1.72. The molecular formula is C11H10N4OS. The van der Waals surface area contributed by atoms with Crippen molar-refractivity contribution in [1.29, 1.82) is 0 Å². The third-order valence-corrected chi connectivity index (χ3v) is 2.96. The number of hydrogen-bond acceptors (Lipinski definition) is 5. The molecule has 0 spiro atoms. The van der Waals surface area contributed by atoms with Gasteiger partial charge in [-0.15, -0.1) is 0 Å². The van der Waals surface area contributed by atoms with Crippen LogP contribution in [0, 0.1) is 0 Å². The van der Waals surface area contributed by atoms with Gasteiger partial charge in [0.1, 0.15) is 10.1 Å². The SMILES string of the molecule is N/C(=N\O)c1cccnc1Sc1ccccn1. The molecule has 2 aromatic heterocycles. The first kappa shape index (κ1) is 11.4. The van der Waals surface area contributed by atoms with Gasteiger partial charge in [0.2, 0.25) is 0 Å². The van der Waals surface area contributed by atoms with Gasteiger partial charge < -0.3 is 10.9 Å². The van der Waals surface area contributed by atoms with Gasteiger partial charge in [0, 0.05) is 12.4 Å². The van der Waals surface area contributed by atoms with E-state index in [1.807, 2.05) is 18.2 Å². The molecule has 2 heterocycles. The molecule has 6 heteroatoms. The normalized spacial score (nSPS) is 11.4. The van der Waals surface area contributed by atoms with Crippen molar-refractivity contribution in [2.24, 2.45) is 10.9 Å². The van der Waals surface area contributed by atoms with Crippen molar-refractivity contribution in [3.8, 4) is 0 Å². The van der Waals surface area contributed by atoms with Crippen LogP contribution >= 0.6 is 11.8 Å². The van der Waals surface area contributed by atoms with E-state index in [0.717, 1.165) is 5.03 Å². The summed E-state index contributed by atoms with van der Waals surface area (Å²) in [6, 6.07) is 9.08. The second-order valence-electron chi connectivity index (χ2n) is 3.11. The lowest BCUT2D eigenvalue weighted by Crippen LogP contribution is -2.14. The summed E-state index contributed by atoms with van der Waals surface area (Å²) in [5.74, 6) is 0.0385. The fraction of sp³-hybridized carbons (Fsp3) is 0. The van der Waals surface area contributed by atoms with E-state index in [9.17, 15) is 0 Å². The molecule has 0 saturated heterocycles. The van der Waals surface area contributed by atoms with Gasteiger partial charge in [-0.3, -0.25) is 0 Å². The monoisotopic (exact) mass is 246 g/mol. The van der Waals surface area contributed by atoms with Gasteiger partial charge in [-0.2, -0.15) is 0 Å². The molecule has 0 atom stereocenters. The lowest BCUT2D eigenvalue weighted by molar-refractivity contribution is 0.318. The summed E-state index contributed by atoms with van der Waals surface area (Å²) >= 11 is 1.36. The Hall–Kier alpha value is -2.08. The summed E-state index contributed by atoms with van der Waals surface area (Å²) in [7, 11) is 0. The number of hydrogen-bond donors (Lipinski definition) is 2. The molecule has 86 valence electrons. The average molecular weight is 246 g/mol. The molecule has 0 unspecified atom stereocenters. The first-order chi connectivity index (χ1) is 8.31. The van der Waals surface area contributed by atoms with Crippen LogP contribution in [0.3, 0.4) is 0 Å². The van der Waals surface area contributed by atoms with Crippen LogP contribution in [0.15, 0.2) is 57.9 Å². The Balaban J connectivity index is 2.33. The van der Waals surface area contributed by atoms with E-state index in [1.54, 1.807) is 24.5 Å². The molecular weight excluding hydrogens is 236 g/mol. The second-order valence-corrected chi connectivity index (χ2v) is 4.12. The lowest BCUT2D eigenvalue weighted by atomic mass is 10.3. The Labute approximate surface area is 102 Å². The molecule has 17 heavy (non-hydrogen) atoms. The zero-order valence-electron chi connectivity index (χ0n) is 8.82. The Kier molecular flexibility index (Phi) is 3.56. The van der Waals surface area contributed by atoms with Gasteiger partial charge in [-0.25, -0.2) is 9.97 Å². The van der Waals surface area contributed by atoms with E-state index < -0.39 is 0 Å². The first-order valence-corrected chi connectivity index (χ1v) is 5.64. The number of rotatable bonds is 3. The van der Waals surface area contributed by atoms with Crippen molar-refractivity contribution in [1.82, 2.24) is 9.97 Å². The maximum Gasteiger partial charge on any atom is 0.172 e. The highest BCUT2D eigenvalue weighted by molar-refractivity contribution is 7.99. The van der Waals surface area contributed by atoms with Crippen LogP contribution in [0.1, 0.15) is 5.56 Å². The van der Waals surface area contributed by atoms with E-state index in [-0.39, 0.29) is 5.84 Å². The Morgan fingerprint density at radius 1 is 1.18 bits per heavy atom. The maximum atomic E-state index is 8.69. The van der Waals surface area contributed by atoms with Crippen molar-refractivity contribution in [3.05, 3.63) is 48.3 Å². The second kappa shape index (κ2) is 5.31. The number of amidine groups is 1. The lowest BCUT2D eigenvalue weighted by Gasteiger charge is -2.05. The molecule has 2 rings (SSSR count). The number of pyridine rings is 2. The maximum absolute atomic E-state index is 8.69. The van der Waals surface area contributed by atoms with Crippen LogP contribution in [0.2, 0.25) is 0 Å². The number of nitrogens with zero attached hydrogens (tertiary/aromatic N) is 3. The van der Waals surface area contributed by atoms with Crippen LogP contribution in [-0.2, 0) is 0 Å². The van der Waals surface area contributed by atoms with Crippen LogP contribution in [0.4, 0.5) is 0 Å². The van der Waals surface area contributed by atoms with Crippen molar-refractivity contribution in [2.75, 3.05) is 0 Å². The molecule has 0 saturated carbocycles. The van der Waals surface area contributed by atoms with E-state index in [1.165, 1.54) is 11.8 Å². The molecule has 5 nitrogen and oxygen atoms in total. The minimum atomic E-state index is 0.0385. The highest BCUT2D eigenvalue weighted by Gasteiger charge is 2.09. The first-order valence-electron chi connectivity index (χ1n) is 4.83. The highest BCUT2D eigenvalue weighted by Crippen LogP contribution is 2.26. The van der Waals surface area contributed by atoms with E-state index >= 15 is 0 Å². The van der Waals surface area contributed by atoms with Crippen molar-refractivity contribution >= 4 is 17.6 Å². The summed E-state index contributed by atoms with van der Waals surface area (Å²) in [4.78, 5) is 8.37. The zero-order chi connectivity index (χ0) is 12.1. The summed E-state index contributed by atoms with van der Waals surface area (Å²) in [6.07, 6.45) is 3.36. The van der Waals surface area contributed by atoms with E-state index in [2.05, 4.69) is 15.1 Å². The quantitative estimate of drug-likeness (QED) is 0.373. The summed E-state index contributed by atoms with van der Waals surface area (Å²) in [5, 5.41) is 13.1. The summed E-state index contributed by atoms with van der Waals surface area (Å²) in [6.45, 7) is 0. The summed E-state index contributed by atoms with van der Waals surface area (Å²) in [5.41, 5.74) is 6.16. The smallest absolute Gasteiger partial charge is 0.172 e. The minimum absolute atomic E-state index is 0.0385. The molecule has 0 aromatic carbocycles. The highest BCUT2D eigenvalue weighted by atomic mass is 32.2. The number of oxime groups is 1. The average Bonchev–Trinajstić information content (AvgIpc) is 2.40. The Morgan fingerprint density at radius 2 is 2.00 bits per heavy atom. The van der Waals surface area contributed by atoms with Gasteiger partial charge in [0.05, 0.1) is 5.56 Å². The van der Waals surface area contributed by atoms with Crippen LogP contribution in [0.5, 0.6) is 0 Å². The molecule has 0 aliphatic rings. The van der Waals surface area contributed by atoms with E-state index in [4.69, 9.17) is 10.9 Å². The van der Waals surface area contributed by atoms with Gasteiger partial charge in [0.15, 0.2) is 5.84 Å². The zero-order valence-corrected chi connectivity index (χ0v) is 9.63. The molecule has 2 aromatic rings. The van der Waals surface area contributed by atoms with Crippen molar-refractivity contribution in [3.63, 3.8) is 0 Å². The molecule has 0 radical (unpaired) electrons. The molecule has 0 bridgehead atoms. The third-order valence-electron chi connectivity index (χ3n) is 1.99. The molecule has 3 N–H and O–H groups in total. The number of nitrogens with two attached hydrogens (primary N) is 1. The van der Waals surface area contributed by atoms with Gasteiger partial charge in [-0.05, 0) is 36.0 Å². The standard InChI is InChI=1S/C11H10N4OS/c12-10(15-16)8-4-3-7-14-11(8)17-9-5-1-2-6-13-9/h1-7,16H,(H2,12,15). The Morgan fingerprint density at radius 3 is 2.71 bits per heavy atom. The third kappa shape index (κ3) is 2.73. The molecule has 0 aliphatic carbocycles. The Bertz CT molecular complexity index is 530. The fourth-order valence-corrected chi connectivity index (χ4v) is 2.08. The van der Waals surface area contributed by atoms with Crippen LogP contribution < -0.4 is 5.73 Å². The molecule has 0 aliphatic heterocycles. The van der Waals surface area contributed by atoms with Gasteiger partial charge >= 0.3 is 0 Å². The van der Waals surface area contributed by atoms with Crippen molar-refractivity contribution in [2.45, 2.75) is 10.1 Å². The van der Waals surface area contributed by atoms with Crippen LogP contribution in [-0.4, -0.2) is 21.0 Å².